The molecule has 2 atom stereocenters. The summed E-state index contributed by atoms with van der Waals surface area (Å²) in [6, 6.07) is 0.683. The van der Waals surface area contributed by atoms with E-state index in [-0.39, 0.29) is 0 Å². The molecule has 2 unspecified atom stereocenters. The average Bonchev–Trinajstić information content (AvgIpc) is 1.82. The first-order chi connectivity index (χ1) is 4.61. The van der Waals surface area contributed by atoms with Crippen molar-refractivity contribution in [2.45, 2.75) is 25.9 Å². The zero-order valence-corrected chi connectivity index (χ0v) is 6.84. The third-order valence-electron chi connectivity index (χ3n) is 2.32. The van der Waals surface area contributed by atoms with Gasteiger partial charge in [-0.2, -0.15) is 0 Å². The second kappa shape index (κ2) is 2.84. The predicted octanol–water partition coefficient (Wildman–Crippen LogP) is 0.895. The molecule has 0 saturated carbocycles. The third-order valence-corrected chi connectivity index (χ3v) is 2.32. The van der Waals surface area contributed by atoms with Gasteiger partial charge in [0.25, 0.3) is 0 Å². The smallest absolute Gasteiger partial charge is 0.0444 e. The van der Waals surface area contributed by atoms with Gasteiger partial charge in [-0.25, -0.2) is 0 Å². The number of nitrogens with zero attached hydrogens (tertiary/aromatic N) is 2. The van der Waals surface area contributed by atoms with E-state index in [2.05, 4.69) is 4.90 Å². The Kier molecular flexibility index (Phi) is 2.26. The minimum Gasteiger partial charge on any atom is -0.298 e. The zero-order valence-electron chi connectivity index (χ0n) is 6.84. The third kappa shape index (κ3) is 1.47. The van der Waals surface area contributed by atoms with Gasteiger partial charge in [0.2, 0.25) is 0 Å². The number of hydrogen-bond donors (Lipinski definition) is 0. The van der Waals surface area contributed by atoms with Gasteiger partial charge in [-0.05, 0) is 20.9 Å². The summed E-state index contributed by atoms with van der Waals surface area (Å²) in [4.78, 5) is 2.20. The molecular formula is C7H15FN2. The van der Waals surface area contributed by atoms with Crippen LogP contribution in [0.1, 0.15) is 13.8 Å². The summed E-state index contributed by atoms with van der Waals surface area (Å²) < 4.78 is 12.7. The Balaban J connectivity index is 2.49. The monoisotopic (exact) mass is 146 g/mol. The van der Waals surface area contributed by atoms with Crippen LogP contribution in [0.5, 0.6) is 0 Å². The maximum absolute atomic E-state index is 12.7. The van der Waals surface area contributed by atoms with Gasteiger partial charge < -0.3 is 0 Å². The van der Waals surface area contributed by atoms with Crippen LogP contribution in [0, 0.1) is 0 Å². The van der Waals surface area contributed by atoms with E-state index in [4.69, 9.17) is 0 Å². The van der Waals surface area contributed by atoms with E-state index in [1.165, 1.54) is 0 Å². The minimum atomic E-state index is 0.341. The lowest BCUT2D eigenvalue weighted by atomic mass is 10.1. The molecule has 0 N–H and O–H groups in total. The first kappa shape index (κ1) is 7.95. The number of likely N-dealkylation sites (N-methyl/N-ethyl adjacent to an activating group) is 1. The van der Waals surface area contributed by atoms with Crippen molar-refractivity contribution < 1.29 is 4.48 Å². The van der Waals surface area contributed by atoms with Gasteiger partial charge in [0.1, 0.15) is 0 Å². The summed E-state index contributed by atoms with van der Waals surface area (Å²) >= 11 is 0. The van der Waals surface area contributed by atoms with Crippen LogP contribution in [0.15, 0.2) is 0 Å². The van der Waals surface area contributed by atoms with Gasteiger partial charge in [0, 0.05) is 25.2 Å². The van der Waals surface area contributed by atoms with Crippen LogP contribution in [0.25, 0.3) is 0 Å². The molecule has 3 heteroatoms. The summed E-state index contributed by atoms with van der Waals surface area (Å²) in [5.74, 6) is 0. The Morgan fingerprint density at radius 2 is 1.60 bits per heavy atom. The van der Waals surface area contributed by atoms with Crippen LogP contribution in [0.3, 0.4) is 0 Å². The summed E-state index contributed by atoms with van der Waals surface area (Å²) in [5, 5.41) is 0.898. The van der Waals surface area contributed by atoms with Crippen molar-refractivity contribution in [1.29, 1.82) is 0 Å². The highest BCUT2D eigenvalue weighted by atomic mass is 19.2. The minimum absolute atomic E-state index is 0.341. The highest BCUT2D eigenvalue weighted by Gasteiger charge is 2.25. The Hall–Kier alpha value is -0.150. The fourth-order valence-corrected chi connectivity index (χ4v) is 1.34. The summed E-state index contributed by atoms with van der Waals surface area (Å²) in [5.41, 5.74) is 0. The molecule has 0 radical (unpaired) electrons. The zero-order chi connectivity index (χ0) is 7.72. The van der Waals surface area contributed by atoms with E-state index in [9.17, 15) is 4.48 Å². The van der Waals surface area contributed by atoms with Crippen molar-refractivity contribution in [1.82, 2.24) is 10.0 Å². The van der Waals surface area contributed by atoms with Crippen LogP contribution in [0.4, 0.5) is 4.48 Å². The van der Waals surface area contributed by atoms with Crippen molar-refractivity contribution in [2.75, 3.05) is 20.1 Å². The van der Waals surface area contributed by atoms with Crippen molar-refractivity contribution in [3.63, 3.8) is 0 Å². The molecule has 1 aliphatic rings. The first-order valence-electron chi connectivity index (χ1n) is 3.74. The molecule has 1 saturated heterocycles. The Labute approximate surface area is 61.5 Å². The lowest BCUT2D eigenvalue weighted by Crippen LogP contribution is -2.52. The quantitative estimate of drug-likeness (QED) is 0.468. The summed E-state index contributed by atoms with van der Waals surface area (Å²) in [6.07, 6.45) is 0. The van der Waals surface area contributed by atoms with Crippen LogP contribution < -0.4 is 0 Å². The van der Waals surface area contributed by atoms with Gasteiger partial charge in [0.15, 0.2) is 0 Å². The van der Waals surface area contributed by atoms with Gasteiger partial charge in [0.05, 0.1) is 0 Å². The van der Waals surface area contributed by atoms with Crippen LogP contribution in [-0.4, -0.2) is 42.2 Å². The topological polar surface area (TPSA) is 6.48 Å². The lowest BCUT2D eigenvalue weighted by Gasteiger charge is -2.38. The molecule has 10 heavy (non-hydrogen) atoms. The highest BCUT2D eigenvalue weighted by molar-refractivity contribution is 4.78. The van der Waals surface area contributed by atoms with Gasteiger partial charge in [-0.3, -0.25) is 4.90 Å². The molecule has 0 aromatic carbocycles. The normalized spacial score (nSPS) is 38.4. The SMILES string of the molecule is CC1CN(F)CC(C)N1C. The molecular weight excluding hydrogens is 131 g/mol. The molecule has 0 aromatic rings. The van der Waals surface area contributed by atoms with Crippen molar-refractivity contribution in [2.24, 2.45) is 0 Å². The van der Waals surface area contributed by atoms with Crippen molar-refractivity contribution >= 4 is 0 Å². The molecule has 0 bridgehead atoms. The van der Waals surface area contributed by atoms with Crippen LogP contribution in [-0.2, 0) is 0 Å². The number of halogens is 1. The maximum atomic E-state index is 12.7. The molecule has 0 aliphatic carbocycles. The largest absolute Gasteiger partial charge is 0.298 e. The van der Waals surface area contributed by atoms with E-state index in [1.807, 2.05) is 20.9 Å². The molecule has 1 fully saturated rings. The van der Waals surface area contributed by atoms with Crippen molar-refractivity contribution in [3.8, 4) is 0 Å². The Bertz CT molecular complexity index is 106. The molecule has 2 nitrogen and oxygen atoms in total. The standard InChI is InChI=1S/C7H15FN2/c1-6-4-10(8)5-7(2)9(6)3/h6-7H,4-5H2,1-3H3. The van der Waals surface area contributed by atoms with E-state index in [0.29, 0.717) is 25.2 Å². The van der Waals surface area contributed by atoms with E-state index < -0.39 is 0 Å². The number of piperazine rings is 1. The molecule has 0 spiro atoms. The molecule has 0 amide bonds. The Morgan fingerprint density at radius 3 is 2.00 bits per heavy atom. The molecule has 1 heterocycles. The Morgan fingerprint density at radius 1 is 1.20 bits per heavy atom. The summed E-state index contributed by atoms with van der Waals surface area (Å²) in [6.45, 7) is 5.17. The van der Waals surface area contributed by atoms with E-state index >= 15 is 0 Å². The second-order valence-electron chi connectivity index (χ2n) is 3.19. The van der Waals surface area contributed by atoms with Crippen molar-refractivity contribution in [3.05, 3.63) is 0 Å². The number of rotatable bonds is 0. The molecule has 1 rings (SSSR count). The molecule has 0 aromatic heterocycles. The fourth-order valence-electron chi connectivity index (χ4n) is 1.34. The van der Waals surface area contributed by atoms with Gasteiger partial charge in [-0.1, -0.05) is 0 Å². The van der Waals surface area contributed by atoms with Crippen LogP contribution >= 0.6 is 0 Å². The summed E-state index contributed by atoms with van der Waals surface area (Å²) in [7, 11) is 2.04. The molecule has 60 valence electrons. The molecule has 1 aliphatic heterocycles. The average molecular weight is 146 g/mol. The first-order valence-corrected chi connectivity index (χ1v) is 3.74. The van der Waals surface area contributed by atoms with Gasteiger partial charge in [-0.15, -0.1) is 9.60 Å². The van der Waals surface area contributed by atoms with E-state index in [0.717, 1.165) is 5.12 Å². The highest BCUT2D eigenvalue weighted by Crippen LogP contribution is 2.12. The van der Waals surface area contributed by atoms with Crippen LogP contribution in [0.2, 0.25) is 0 Å². The predicted molar refractivity (Wildman–Crippen MR) is 39.4 cm³/mol. The second-order valence-corrected chi connectivity index (χ2v) is 3.19. The van der Waals surface area contributed by atoms with E-state index in [1.54, 1.807) is 0 Å². The van der Waals surface area contributed by atoms with Gasteiger partial charge >= 0.3 is 0 Å². The number of hydrogen-bond acceptors (Lipinski definition) is 2. The lowest BCUT2D eigenvalue weighted by molar-refractivity contribution is -0.0605. The fraction of sp³-hybridized carbons (Fsp3) is 1.00. The maximum Gasteiger partial charge on any atom is 0.0444 e.